The van der Waals surface area contributed by atoms with Gasteiger partial charge in [-0.1, -0.05) is 54.1 Å². The first-order valence-electron chi connectivity index (χ1n) is 11.5. The van der Waals surface area contributed by atoms with E-state index in [9.17, 15) is 32.3 Å². The standard InChI is InChI=1S/C28H18F3NO5/c1-14-6-8-15(9-7-14)22-20-21(27(37-22)23(33)18-4-2-3-5-19(18)24(27)34)26(36)32(25(20)35)17-12-10-16(11-13-17)28(29,30)31/h2-13,20-22H,1H3/t20-,21-,22+/m1/s1. The molecule has 0 unspecified atom stereocenters. The lowest BCUT2D eigenvalue weighted by Crippen LogP contribution is -2.51. The summed E-state index contributed by atoms with van der Waals surface area (Å²) in [4.78, 5) is 55.7. The third-order valence-corrected chi connectivity index (χ3v) is 7.38. The van der Waals surface area contributed by atoms with Crippen molar-refractivity contribution in [2.45, 2.75) is 24.8 Å². The molecule has 0 radical (unpaired) electrons. The summed E-state index contributed by atoms with van der Waals surface area (Å²) in [5.74, 6) is -5.70. The average Bonchev–Trinajstić information content (AvgIpc) is 3.44. The molecule has 6 rings (SSSR count). The molecule has 3 aromatic rings. The van der Waals surface area contributed by atoms with E-state index >= 15 is 0 Å². The zero-order valence-electron chi connectivity index (χ0n) is 19.3. The zero-order chi connectivity index (χ0) is 26.3. The van der Waals surface area contributed by atoms with Gasteiger partial charge in [0.25, 0.3) is 0 Å². The number of anilines is 1. The third-order valence-electron chi connectivity index (χ3n) is 7.38. The normalized spacial score (nSPS) is 24.2. The molecule has 6 nitrogen and oxygen atoms in total. The summed E-state index contributed by atoms with van der Waals surface area (Å²) in [7, 11) is 0. The van der Waals surface area contributed by atoms with Gasteiger partial charge in [0, 0.05) is 11.1 Å². The summed E-state index contributed by atoms with van der Waals surface area (Å²) in [6.07, 6.45) is -5.69. The highest BCUT2D eigenvalue weighted by molar-refractivity contribution is 6.37. The van der Waals surface area contributed by atoms with Gasteiger partial charge < -0.3 is 4.74 Å². The van der Waals surface area contributed by atoms with Crippen molar-refractivity contribution < 1.29 is 37.1 Å². The van der Waals surface area contributed by atoms with Crippen molar-refractivity contribution in [3.63, 3.8) is 0 Å². The summed E-state index contributed by atoms with van der Waals surface area (Å²) in [6, 6.07) is 16.7. The maximum Gasteiger partial charge on any atom is 0.416 e. The van der Waals surface area contributed by atoms with E-state index in [1.54, 1.807) is 36.4 Å². The SMILES string of the molecule is Cc1ccc([C@@H]2OC3(C(=O)c4ccccc4C3=O)[C@H]3C(=O)N(c4ccc(C(F)(F)F)cc4)C(=O)[C@@H]23)cc1. The van der Waals surface area contributed by atoms with E-state index in [1.807, 2.05) is 6.92 Å². The molecule has 3 aromatic carbocycles. The molecule has 2 aliphatic heterocycles. The quantitative estimate of drug-likeness (QED) is 0.372. The zero-order valence-corrected chi connectivity index (χ0v) is 19.3. The number of ketones is 2. The van der Waals surface area contributed by atoms with Crippen LogP contribution in [0.2, 0.25) is 0 Å². The molecule has 186 valence electrons. The number of imide groups is 1. The van der Waals surface area contributed by atoms with E-state index in [1.165, 1.54) is 12.1 Å². The Morgan fingerprint density at radius 2 is 1.35 bits per heavy atom. The highest BCUT2D eigenvalue weighted by Gasteiger charge is 2.74. The molecule has 2 amide bonds. The highest BCUT2D eigenvalue weighted by Crippen LogP contribution is 2.57. The second-order valence-corrected chi connectivity index (χ2v) is 9.45. The van der Waals surface area contributed by atoms with Crippen LogP contribution in [0.5, 0.6) is 0 Å². The van der Waals surface area contributed by atoms with E-state index in [2.05, 4.69) is 0 Å². The number of ether oxygens (including phenoxy) is 1. The van der Waals surface area contributed by atoms with E-state index in [4.69, 9.17) is 4.74 Å². The number of rotatable bonds is 2. The van der Waals surface area contributed by atoms with E-state index in [0.29, 0.717) is 5.56 Å². The second-order valence-electron chi connectivity index (χ2n) is 9.45. The molecule has 2 saturated heterocycles. The van der Waals surface area contributed by atoms with Gasteiger partial charge in [-0.3, -0.25) is 19.2 Å². The van der Waals surface area contributed by atoms with Gasteiger partial charge in [-0.15, -0.1) is 0 Å². The smallest absolute Gasteiger partial charge is 0.349 e. The van der Waals surface area contributed by atoms with Crippen molar-refractivity contribution in [1.29, 1.82) is 0 Å². The average molecular weight is 505 g/mol. The summed E-state index contributed by atoms with van der Waals surface area (Å²) in [5, 5.41) is 0. The molecule has 2 fully saturated rings. The lowest BCUT2D eigenvalue weighted by molar-refractivity contribution is -0.137. The van der Waals surface area contributed by atoms with Crippen molar-refractivity contribution in [3.8, 4) is 0 Å². The van der Waals surface area contributed by atoms with Crippen LogP contribution < -0.4 is 4.90 Å². The van der Waals surface area contributed by atoms with Gasteiger partial charge in [-0.05, 0) is 36.8 Å². The number of carbonyl (C=O) groups is 4. The van der Waals surface area contributed by atoms with Gasteiger partial charge in [-0.2, -0.15) is 13.2 Å². The molecular weight excluding hydrogens is 487 g/mol. The molecular formula is C28H18F3NO5. The Labute approximate surface area is 208 Å². The minimum Gasteiger partial charge on any atom is -0.349 e. The fraction of sp³-hybridized carbons (Fsp3) is 0.214. The van der Waals surface area contributed by atoms with Gasteiger partial charge in [-0.25, -0.2) is 4.90 Å². The van der Waals surface area contributed by atoms with Crippen LogP contribution in [0.25, 0.3) is 0 Å². The Hall–Kier alpha value is -4.11. The van der Waals surface area contributed by atoms with Crippen LogP contribution in [-0.4, -0.2) is 29.0 Å². The molecule has 9 heteroatoms. The first-order chi connectivity index (χ1) is 17.6. The highest BCUT2D eigenvalue weighted by atomic mass is 19.4. The minimum absolute atomic E-state index is 0.0781. The van der Waals surface area contributed by atoms with Crippen LogP contribution >= 0.6 is 0 Å². The first kappa shape index (κ1) is 23.3. The number of nitrogens with zero attached hydrogens (tertiary/aromatic N) is 1. The first-order valence-corrected chi connectivity index (χ1v) is 11.5. The number of benzene rings is 3. The number of alkyl halides is 3. The number of amides is 2. The maximum absolute atomic E-state index is 13.8. The second kappa shape index (κ2) is 7.69. The fourth-order valence-electron chi connectivity index (χ4n) is 5.63. The molecule has 3 aliphatic rings. The number of aryl methyl sites for hydroxylation is 1. The van der Waals surface area contributed by atoms with Crippen molar-refractivity contribution >= 4 is 29.1 Å². The number of Topliss-reactive ketones (excluding diaryl/α,β-unsaturated/α-hetero) is 2. The largest absolute Gasteiger partial charge is 0.416 e. The summed E-state index contributed by atoms with van der Waals surface area (Å²) >= 11 is 0. The fourth-order valence-corrected chi connectivity index (χ4v) is 5.63. The summed E-state index contributed by atoms with van der Waals surface area (Å²) < 4.78 is 45.4. The Morgan fingerprint density at radius 3 is 1.89 bits per heavy atom. The lowest BCUT2D eigenvalue weighted by atomic mass is 9.77. The Morgan fingerprint density at radius 1 is 0.784 bits per heavy atom. The van der Waals surface area contributed by atoms with E-state index in [0.717, 1.165) is 34.7 Å². The molecule has 1 aliphatic carbocycles. The molecule has 37 heavy (non-hydrogen) atoms. The predicted molar refractivity (Wildman–Crippen MR) is 124 cm³/mol. The Kier molecular flexibility index (Phi) is 4.84. The number of halogens is 3. The van der Waals surface area contributed by atoms with Crippen LogP contribution in [-0.2, 0) is 20.5 Å². The Balaban J connectivity index is 1.50. The van der Waals surface area contributed by atoms with Crippen molar-refractivity contribution in [2.75, 3.05) is 4.90 Å². The van der Waals surface area contributed by atoms with Gasteiger partial charge in [0.15, 0.2) is 0 Å². The molecule has 0 N–H and O–H groups in total. The van der Waals surface area contributed by atoms with Crippen LogP contribution in [0.3, 0.4) is 0 Å². The van der Waals surface area contributed by atoms with Gasteiger partial charge in [0.1, 0.15) is 0 Å². The van der Waals surface area contributed by atoms with Crippen molar-refractivity contribution in [1.82, 2.24) is 0 Å². The van der Waals surface area contributed by atoms with Crippen molar-refractivity contribution in [3.05, 3.63) is 101 Å². The topological polar surface area (TPSA) is 80.8 Å². The van der Waals surface area contributed by atoms with Crippen LogP contribution in [0, 0.1) is 18.8 Å². The number of hydrogen-bond acceptors (Lipinski definition) is 5. The monoisotopic (exact) mass is 505 g/mol. The van der Waals surface area contributed by atoms with E-state index in [-0.39, 0.29) is 16.8 Å². The Bertz CT molecular complexity index is 1460. The molecule has 0 saturated carbocycles. The minimum atomic E-state index is -4.60. The van der Waals surface area contributed by atoms with E-state index < -0.39 is 58.7 Å². The lowest BCUT2D eigenvalue weighted by Gasteiger charge is -2.27. The number of fused-ring (bicyclic) bond motifs is 3. The van der Waals surface area contributed by atoms with Crippen LogP contribution in [0.4, 0.5) is 18.9 Å². The predicted octanol–water partition coefficient (Wildman–Crippen LogP) is 4.71. The molecule has 2 heterocycles. The third kappa shape index (κ3) is 3.10. The summed E-state index contributed by atoms with van der Waals surface area (Å²) in [6.45, 7) is 1.86. The van der Waals surface area contributed by atoms with Gasteiger partial charge >= 0.3 is 6.18 Å². The maximum atomic E-state index is 13.8. The van der Waals surface area contributed by atoms with Crippen LogP contribution in [0.1, 0.15) is 43.5 Å². The number of hydrogen-bond donors (Lipinski definition) is 0. The van der Waals surface area contributed by atoms with Gasteiger partial charge in [0.05, 0.1) is 29.2 Å². The summed E-state index contributed by atoms with van der Waals surface area (Å²) in [5.41, 5.74) is -1.63. The van der Waals surface area contributed by atoms with Gasteiger partial charge in [0.2, 0.25) is 29.0 Å². The molecule has 1 spiro atoms. The molecule has 3 atom stereocenters. The number of carbonyl (C=O) groups excluding carboxylic acids is 4. The molecule has 0 bridgehead atoms. The molecule has 0 aromatic heterocycles. The van der Waals surface area contributed by atoms with Crippen LogP contribution in [0.15, 0.2) is 72.8 Å². The van der Waals surface area contributed by atoms with Crippen molar-refractivity contribution in [2.24, 2.45) is 11.8 Å².